The zero-order chi connectivity index (χ0) is 23.5. The number of nitrogens with one attached hydrogen (secondary N) is 1. The molecule has 4 rings (SSSR count). The molecule has 33 heavy (non-hydrogen) atoms. The van der Waals surface area contributed by atoms with Crippen molar-refractivity contribution >= 4 is 28.1 Å². The molecule has 4 aromatic rings. The Morgan fingerprint density at radius 3 is 2.45 bits per heavy atom. The van der Waals surface area contributed by atoms with E-state index in [4.69, 9.17) is 9.15 Å². The number of anilines is 1. The highest BCUT2D eigenvalue weighted by atomic mass is 19.1. The van der Waals surface area contributed by atoms with Crippen LogP contribution in [0.2, 0.25) is 0 Å². The third-order valence-corrected chi connectivity index (χ3v) is 5.09. The van der Waals surface area contributed by atoms with E-state index in [0.29, 0.717) is 35.1 Å². The predicted molar refractivity (Wildman–Crippen MR) is 121 cm³/mol. The summed E-state index contributed by atoms with van der Waals surface area (Å²) in [5.74, 6) is -2.00. The number of rotatable bonds is 6. The Labute approximate surface area is 188 Å². The fourth-order valence-corrected chi connectivity index (χ4v) is 3.53. The fraction of sp³-hybridized carbons (Fsp3) is 0.115. The topological polar surface area (TPSA) is 51.5 Å². The number of amides is 1. The molecule has 7 heteroatoms. The van der Waals surface area contributed by atoms with Crippen LogP contribution < -0.4 is 10.1 Å². The number of carbonyl (C=O) groups excluding carboxylic acids is 1. The van der Waals surface area contributed by atoms with Gasteiger partial charge in [-0.3, -0.25) is 4.79 Å². The zero-order valence-electron chi connectivity index (χ0n) is 17.9. The molecule has 0 unspecified atom stereocenters. The lowest BCUT2D eigenvalue weighted by atomic mass is 9.99. The maximum atomic E-state index is 13.9. The van der Waals surface area contributed by atoms with Crippen LogP contribution in [0.4, 0.5) is 18.9 Å². The molecule has 1 amide bonds. The first kappa shape index (κ1) is 22.2. The van der Waals surface area contributed by atoms with Gasteiger partial charge in [-0.15, -0.1) is 0 Å². The van der Waals surface area contributed by atoms with E-state index in [-0.39, 0.29) is 11.5 Å². The van der Waals surface area contributed by atoms with Crippen LogP contribution in [0.25, 0.3) is 27.7 Å². The molecule has 0 fully saturated rings. The smallest absolute Gasteiger partial charge is 0.248 e. The minimum atomic E-state index is -0.867. The van der Waals surface area contributed by atoms with Crippen molar-refractivity contribution in [3.8, 4) is 16.9 Å². The highest BCUT2D eigenvalue weighted by molar-refractivity contribution is 6.05. The van der Waals surface area contributed by atoms with Gasteiger partial charge in [0.15, 0.2) is 0 Å². The summed E-state index contributed by atoms with van der Waals surface area (Å²) in [6, 6.07) is 12.5. The van der Waals surface area contributed by atoms with Crippen molar-refractivity contribution in [2.24, 2.45) is 0 Å². The molecule has 1 heterocycles. The lowest BCUT2D eigenvalue weighted by Crippen LogP contribution is -2.10. The molecular formula is C26H20F3NO3. The van der Waals surface area contributed by atoms with Crippen molar-refractivity contribution in [3.63, 3.8) is 0 Å². The molecule has 0 atom stereocenters. The Kier molecular flexibility index (Phi) is 6.22. The van der Waals surface area contributed by atoms with Crippen molar-refractivity contribution < 1.29 is 27.1 Å². The summed E-state index contributed by atoms with van der Waals surface area (Å²) in [4.78, 5) is 12.5. The molecule has 0 aliphatic rings. The average molecular weight is 451 g/mol. The largest absolute Gasteiger partial charge is 0.493 e. The maximum absolute atomic E-state index is 13.9. The van der Waals surface area contributed by atoms with E-state index in [2.05, 4.69) is 5.32 Å². The Morgan fingerprint density at radius 2 is 1.76 bits per heavy atom. The van der Waals surface area contributed by atoms with Crippen LogP contribution in [0, 0.1) is 17.5 Å². The summed E-state index contributed by atoms with van der Waals surface area (Å²) in [6.07, 6.45) is 2.89. The van der Waals surface area contributed by atoms with Crippen LogP contribution in [-0.4, -0.2) is 12.5 Å². The molecule has 0 radical (unpaired) electrons. The molecule has 0 saturated carbocycles. The zero-order valence-corrected chi connectivity index (χ0v) is 17.9. The number of furan rings is 1. The molecule has 0 bridgehead atoms. The molecule has 1 N–H and O–H groups in total. The molecule has 0 saturated heterocycles. The number of halogens is 3. The lowest BCUT2D eigenvalue weighted by Gasteiger charge is -2.12. The van der Waals surface area contributed by atoms with Crippen molar-refractivity contribution in [1.29, 1.82) is 0 Å². The summed E-state index contributed by atoms with van der Waals surface area (Å²) >= 11 is 0. The second-order valence-electron chi connectivity index (χ2n) is 7.37. The standard InChI is InChI=1S/C26H20F3NO3/c1-3-32-24-13-25-20(21(14-33-25)16-4-6-17(27)7-5-16)12-19(24)15(2)10-26(31)30-23-9-8-18(28)11-22(23)29/h4-14H,3H2,1-2H3,(H,30,31)/b15-10+. The normalized spacial score (nSPS) is 11.6. The Hall–Kier alpha value is -4.00. The minimum absolute atomic E-state index is 0.126. The number of hydrogen-bond donors (Lipinski definition) is 1. The monoisotopic (exact) mass is 451 g/mol. The van der Waals surface area contributed by atoms with Gasteiger partial charge in [0.05, 0.1) is 18.6 Å². The second kappa shape index (κ2) is 9.24. The van der Waals surface area contributed by atoms with Crippen molar-refractivity contribution in [2.45, 2.75) is 13.8 Å². The summed E-state index contributed by atoms with van der Waals surface area (Å²) in [5, 5.41) is 3.17. The van der Waals surface area contributed by atoms with Gasteiger partial charge in [0, 0.05) is 34.7 Å². The molecule has 1 aromatic heterocycles. The molecular weight excluding hydrogens is 431 g/mol. The third kappa shape index (κ3) is 4.77. The highest BCUT2D eigenvalue weighted by Gasteiger charge is 2.16. The Balaban J connectivity index is 1.72. The summed E-state index contributed by atoms with van der Waals surface area (Å²) in [5.41, 5.74) is 3.19. The number of fused-ring (bicyclic) bond motifs is 1. The fourth-order valence-electron chi connectivity index (χ4n) is 3.53. The third-order valence-electron chi connectivity index (χ3n) is 5.09. The molecule has 3 aromatic carbocycles. The molecule has 168 valence electrons. The van der Waals surface area contributed by atoms with Gasteiger partial charge in [-0.2, -0.15) is 0 Å². The second-order valence-corrected chi connectivity index (χ2v) is 7.37. The van der Waals surface area contributed by atoms with Crippen LogP contribution in [0.15, 0.2) is 71.4 Å². The molecule has 4 nitrogen and oxygen atoms in total. The van der Waals surface area contributed by atoms with Gasteiger partial charge in [0.1, 0.15) is 28.8 Å². The van der Waals surface area contributed by atoms with E-state index in [1.165, 1.54) is 18.2 Å². The predicted octanol–water partition coefficient (Wildman–Crippen LogP) is 6.96. The average Bonchev–Trinajstić information content (AvgIpc) is 3.18. The quantitative estimate of drug-likeness (QED) is 0.323. The van der Waals surface area contributed by atoms with Gasteiger partial charge in [0.25, 0.3) is 0 Å². The number of ether oxygens (including phenoxy) is 1. The number of allylic oxidation sites excluding steroid dienone is 1. The first-order valence-corrected chi connectivity index (χ1v) is 10.2. The van der Waals surface area contributed by atoms with Crippen molar-refractivity contribution in [2.75, 3.05) is 11.9 Å². The van der Waals surface area contributed by atoms with Gasteiger partial charge < -0.3 is 14.5 Å². The van der Waals surface area contributed by atoms with Crippen LogP contribution in [0.5, 0.6) is 5.75 Å². The summed E-state index contributed by atoms with van der Waals surface area (Å²) in [6.45, 7) is 3.95. The number of benzene rings is 3. The first-order chi connectivity index (χ1) is 15.9. The molecule has 0 spiro atoms. The summed E-state index contributed by atoms with van der Waals surface area (Å²) < 4.78 is 51.8. The molecule has 0 aliphatic heterocycles. The van der Waals surface area contributed by atoms with E-state index in [1.54, 1.807) is 31.4 Å². The number of hydrogen-bond acceptors (Lipinski definition) is 3. The molecule has 0 aliphatic carbocycles. The van der Waals surface area contributed by atoms with Gasteiger partial charge in [-0.25, -0.2) is 13.2 Å². The van der Waals surface area contributed by atoms with Crippen LogP contribution in [0.3, 0.4) is 0 Å². The van der Waals surface area contributed by atoms with Crippen molar-refractivity contribution in [1.82, 2.24) is 0 Å². The van der Waals surface area contributed by atoms with Crippen LogP contribution >= 0.6 is 0 Å². The Bertz CT molecular complexity index is 1360. The van der Waals surface area contributed by atoms with E-state index in [0.717, 1.165) is 28.6 Å². The van der Waals surface area contributed by atoms with Crippen LogP contribution in [0.1, 0.15) is 19.4 Å². The summed E-state index contributed by atoms with van der Waals surface area (Å²) in [7, 11) is 0. The minimum Gasteiger partial charge on any atom is -0.493 e. The van der Waals surface area contributed by atoms with E-state index >= 15 is 0 Å². The van der Waals surface area contributed by atoms with Gasteiger partial charge in [-0.1, -0.05) is 12.1 Å². The van der Waals surface area contributed by atoms with Gasteiger partial charge in [-0.05, 0) is 55.3 Å². The first-order valence-electron chi connectivity index (χ1n) is 10.2. The van der Waals surface area contributed by atoms with Crippen LogP contribution in [-0.2, 0) is 4.79 Å². The SMILES string of the molecule is CCOc1cc2occ(-c3ccc(F)cc3)c2cc1/C(C)=C/C(=O)Nc1ccc(F)cc1F. The highest BCUT2D eigenvalue weighted by Crippen LogP contribution is 2.37. The van der Waals surface area contributed by atoms with E-state index in [1.807, 2.05) is 13.0 Å². The lowest BCUT2D eigenvalue weighted by molar-refractivity contribution is -0.111. The number of carbonyl (C=O) groups is 1. The Morgan fingerprint density at radius 1 is 1.03 bits per heavy atom. The van der Waals surface area contributed by atoms with Gasteiger partial charge >= 0.3 is 0 Å². The van der Waals surface area contributed by atoms with E-state index < -0.39 is 17.5 Å². The van der Waals surface area contributed by atoms with Crippen molar-refractivity contribution in [3.05, 3.63) is 90.0 Å². The van der Waals surface area contributed by atoms with Gasteiger partial charge in [0.2, 0.25) is 5.91 Å². The van der Waals surface area contributed by atoms with E-state index in [9.17, 15) is 18.0 Å². The maximum Gasteiger partial charge on any atom is 0.248 e.